The zero-order valence-corrected chi connectivity index (χ0v) is 34.3. The van der Waals surface area contributed by atoms with Crippen molar-refractivity contribution in [3.63, 3.8) is 0 Å². The van der Waals surface area contributed by atoms with Gasteiger partial charge in [-0.15, -0.1) is 0 Å². The van der Waals surface area contributed by atoms with Gasteiger partial charge in [0, 0.05) is 12.1 Å². The summed E-state index contributed by atoms with van der Waals surface area (Å²) < 4.78 is 125. The third-order valence-corrected chi connectivity index (χ3v) is 13.8. The summed E-state index contributed by atoms with van der Waals surface area (Å²) in [7, 11) is -17.3. The maximum Gasteiger partial charge on any atom is 0.576 e. The first-order valence-electron chi connectivity index (χ1n) is 17.2. The number of sulfonamides is 4. The molecule has 0 bridgehead atoms. The van der Waals surface area contributed by atoms with Crippen molar-refractivity contribution < 1.29 is 62.8 Å². The molecule has 0 atom stereocenters. The van der Waals surface area contributed by atoms with Crippen LogP contribution in [0.5, 0.6) is 11.5 Å². The van der Waals surface area contributed by atoms with Crippen molar-refractivity contribution >= 4 is 82.5 Å². The number of nitrogens with one attached hydrogen (secondary N) is 4. The number of carboxylic acid groups (broad SMARTS) is 2. The average molecular weight is 907 g/mol. The lowest BCUT2D eigenvalue weighted by atomic mass is 10.2. The summed E-state index contributed by atoms with van der Waals surface area (Å²) in [6, 6.07) is 30.6. The van der Waals surface area contributed by atoms with E-state index in [1.165, 1.54) is 84.9 Å². The van der Waals surface area contributed by atoms with Gasteiger partial charge in [-0.2, -0.15) is 0 Å². The summed E-state index contributed by atoms with van der Waals surface area (Å²) in [4.78, 5) is 21.2. The molecule has 0 radical (unpaired) electrons. The molecule has 18 nitrogen and oxygen atoms in total. The smallest absolute Gasteiger partial charge is 0.528 e. The molecule has 0 aliphatic rings. The van der Waals surface area contributed by atoms with E-state index in [-0.39, 0.29) is 65.0 Å². The van der Waals surface area contributed by atoms with Crippen LogP contribution >= 0.6 is 0 Å². The van der Waals surface area contributed by atoms with Gasteiger partial charge < -0.3 is 19.5 Å². The fourth-order valence-electron chi connectivity index (χ4n) is 5.33. The van der Waals surface area contributed by atoms with Gasteiger partial charge >= 0.3 is 19.6 Å². The lowest BCUT2D eigenvalue weighted by Gasteiger charge is -2.13. The highest BCUT2D eigenvalue weighted by atomic mass is 32.2. The molecule has 0 aliphatic heterocycles. The van der Waals surface area contributed by atoms with Crippen LogP contribution in [0.3, 0.4) is 0 Å². The molecule has 0 saturated carbocycles. The van der Waals surface area contributed by atoms with Crippen LogP contribution in [0, 0.1) is 0 Å². The number of carbonyl (C=O) groups is 2. The van der Waals surface area contributed by atoms with Crippen LogP contribution in [0.2, 0.25) is 0 Å². The predicted molar refractivity (Wildman–Crippen MR) is 224 cm³/mol. The summed E-state index contributed by atoms with van der Waals surface area (Å²) in [5.74, 6) is -2.10. The van der Waals surface area contributed by atoms with Crippen LogP contribution in [0.4, 0.5) is 22.7 Å². The van der Waals surface area contributed by atoms with E-state index in [2.05, 4.69) is 18.9 Å². The van der Waals surface area contributed by atoms with Gasteiger partial charge in [0.25, 0.3) is 40.1 Å². The van der Waals surface area contributed by atoms with Gasteiger partial charge in [-0.1, -0.05) is 24.3 Å². The molecule has 0 unspecified atom stereocenters. The molecule has 61 heavy (non-hydrogen) atoms. The summed E-state index contributed by atoms with van der Waals surface area (Å²) in [6.07, 6.45) is 0. The van der Waals surface area contributed by atoms with Crippen LogP contribution < -0.4 is 28.2 Å². The van der Waals surface area contributed by atoms with Gasteiger partial charge in [-0.3, -0.25) is 18.9 Å². The summed E-state index contributed by atoms with van der Waals surface area (Å²) in [6.45, 7) is 0. The van der Waals surface area contributed by atoms with Crippen molar-refractivity contribution in [3.8, 4) is 11.5 Å². The molecule has 0 aliphatic carbocycles. The molecule has 0 spiro atoms. The van der Waals surface area contributed by atoms with Gasteiger partial charge in [-0.05, 0) is 109 Å². The molecule has 0 amide bonds. The van der Waals surface area contributed by atoms with Crippen molar-refractivity contribution in [2.75, 3.05) is 18.9 Å². The van der Waals surface area contributed by atoms with Crippen LogP contribution in [0.15, 0.2) is 165 Å². The minimum atomic E-state index is -4.26. The van der Waals surface area contributed by atoms with Crippen LogP contribution in [-0.4, -0.2) is 63.5 Å². The first kappa shape index (κ1) is 43.5. The van der Waals surface area contributed by atoms with Gasteiger partial charge in [0.15, 0.2) is 0 Å². The Balaban J connectivity index is 1.05. The Morgan fingerprint density at radius 2 is 0.689 bits per heavy atom. The standard InChI is InChI=1S/C38H31BN4O14S4/c44-37(45)25-13-17-33(18-14-25)58(48,49)42-29-7-3-11-35(23-29)60(52,53)40-27-5-1-9-31(21-27)56-39-57-32-10-2-6-28(22-32)41-61(54,55)36-12-4-8-30(24-36)43-59(50,51)34-19-15-26(16-20-34)38(46)47/h1-24,39-43H,(H,44,45)(H,46,47). The number of hydrogen-bond donors (Lipinski definition) is 6. The molecule has 6 aromatic carbocycles. The first-order chi connectivity index (χ1) is 28.8. The third-order valence-electron chi connectivity index (χ3n) is 8.24. The Hall–Kier alpha value is -7.08. The lowest BCUT2D eigenvalue weighted by molar-refractivity contribution is 0.0686. The van der Waals surface area contributed by atoms with E-state index in [4.69, 9.17) is 19.5 Å². The summed E-state index contributed by atoms with van der Waals surface area (Å²) in [5, 5.41) is 18.1. The minimum Gasteiger partial charge on any atom is -0.528 e. The highest BCUT2D eigenvalue weighted by Crippen LogP contribution is 2.26. The van der Waals surface area contributed by atoms with E-state index in [0.717, 1.165) is 60.7 Å². The van der Waals surface area contributed by atoms with E-state index in [1.54, 1.807) is 0 Å². The summed E-state index contributed by atoms with van der Waals surface area (Å²) >= 11 is 0. The van der Waals surface area contributed by atoms with E-state index in [1.807, 2.05) is 0 Å². The second-order valence-electron chi connectivity index (χ2n) is 12.6. The highest BCUT2D eigenvalue weighted by Gasteiger charge is 2.21. The van der Waals surface area contributed by atoms with E-state index < -0.39 is 59.7 Å². The van der Waals surface area contributed by atoms with Gasteiger partial charge in [-0.25, -0.2) is 43.3 Å². The molecule has 0 saturated heterocycles. The SMILES string of the molecule is O=C(O)c1ccc(S(=O)(=O)Nc2cccc(S(=O)(=O)Nc3cccc(OBOc4cccc(NS(=O)(=O)c5cccc(NS(=O)(=O)c6ccc(C(=O)O)cc6)c5)c4)c3)c2)cc1. The van der Waals surface area contributed by atoms with Crippen molar-refractivity contribution in [3.05, 3.63) is 157 Å². The zero-order chi connectivity index (χ0) is 44.0. The monoisotopic (exact) mass is 906 g/mol. The second-order valence-corrected chi connectivity index (χ2v) is 19.3. The van der Waals surface area contributed by atoms with Gasteiger partial charge in [0.05, 0.1) is 53.5 Å². The Labute approximate surface area is 350 Å². The number of aromatic carboxylic acids is 2. The van der Waals surface area contributed by atoms with Crippen LogP contribution in [0.1, 0.15) is 20.7 Å². The quantitative estimate of drug-likeness (QED) is 0.0619. The Morgan fingerprint density at radius 1 is 0.393 bits per heavy atom. The Kier molecular flexibility index (Phi) is 12.6. The molecule has 314 valence electrons. The zero-order valence-electron chi connectivity index (χ0n) is 31.0. The number of benzene rings is 6. The van der Waals surface area contributed by atoms with Gasteiger partial charge in [0.1, 0.15) is 11.5 Å². The highest BCUT2D eigenvalue weighted by molar-refractivity contribution is 7.93. The Morgan fingerprint density at radius 3 is 1.02 bits per heavy atom. The van der Waals surface area contributed by atoms with Gasteiger partial charge in [0.2, 0.25) is 0 Å². The molecule has 0 aromatic heterocycles. The van der Waals surface area contributed by atoms with E-state index in [9.17, 15) is 43.3 Å². The largest absolute Gasteiger partial charge is 0.576 e. The van der Waals surface area contributed by atoms with Crippen molar-refractivity contribution in [2.24, 2.45) is 0 Å². The number of carboxylic acids is 2. The van der Waals surface area contributed by atoms with Crippen molar-refractivity contribution in [2.45, 2.75) is 19.6 Å². The molecule has 6 rings (SSSR count). The fourth-order valence-corrected chi connectivity index (χ4v) is 9.62. The Bertz CT molecular complexity index is 2870. The predicted octanol–water partition coefficient (Wildman–Crippen LogP) is 5.01. The maximum absolute atomic E-state index is 13.3. The van der Waals surface area contributed by atoms with Crippen molar-refractivity contribution in [1.82, 2.24) is 0 Å². The number of hydrogen-bond acceptors (Lipinski definition) is 12. The molecule has 0 heterocycles. The minimum absolute atomic E-state index is 0.0730. The third kappa shape index (κ3) is 11.2. The van der Waals surface area contributed by atoms with E-state index in [0.29, 0.717) is 0 Å². The van der Waals surface area contributed by atoms with Crippen molar-refractivity contribution in [1.29, 1.82) is 0 Å². The second kappa shape index (κ2) is 17.6. The maximum atomic E-state index is 13.3. The topological polar surface area (TPSA) is 278 Å². The fraction of sp³-hybridized carbons (Fsp3) is 0. The lowest BCUT2D eigenvalue weighted by Crippen LogP contribution is -2.16. The molecular weight excluding hydrogens is 876 g/mol. The van der Waals surface area contributed by atoms with E-state index >= 15 is 0 Å². The number of rotatable bonds is 18. The molecule has 6 N–H and O–H groups in total. The summed E-state index contributed by atoms with van der Waals surface area (Å²) in [5.41, 5.74) is -0.199. The van der Waals surface area contributed by atoms with Crippen LogP contribution in [-0.2, 0) is 40.1 Å². The average Bonchev–Trinajstić information content (AvgIpc) is 3.21. The normalized spacial score (nSPS) is 11.7. The molecule has 0 fully saturated rings. The number of anilines is 4. The molecular formula is C38H31BN4O14S4. The molecule has 23 heteroatoms. The van der Waals surface area contributed by atoms with Crippen LogP contribution in [0.25, 0.3) is 0 Å². The first-order valence-corrected chi connectivity index (χ1v) is 23.2. The molecule has 6 aromatic rings.